The van der Waals surface area contributed by atoms with E-state index < -0.39 is 0 Å². The maximum atomic E-state index is 13.5. The molecule has 0 fully saturated rings. The van der Waals surface area contributed by atoms with Crippen molar-refractivity contribution in [1.29, 1.82) is 0 Å². The molecule has 0 saturated heterocycles. The van der Waals surface area contributed by atoms with E-state index >= 15 is 0 Å². The van der Waals surface area contributed by atoms with Crippen molar-refractivity contribution in [2.45, 2.75) is 13.3 Å². The average Bonchev–Trinajstić information content (AvgIpc) is 2.41. The van der Waals surface area contributed by atoms with Crippen LogP contribution in [0.5, 0.6) is 0 Å². The average molecular weight is 271 g/mol. The van der Waals surface area contributed by atoms with E-state index in [1.165, 1.54) is 6.07 Å². The number of benzene rings is 2. The minimum atomic E-state index is -0.320. The van der Waals surface area contributed by atoms with Crippen LogP contribution in [0.25, 0.3) is 0 Å². The standard InChI is InChI=1S/C17H18FNO/c1-13-7-3-6-10-17(13)19(2)12-15(20)11-14-8-4-5-9-16(14)18/h3-10H,11-12H2,1-2H3. The molecule has 0 aliphatic carbocycles. The van der Waals surface area contributed by atoms with Crippen LogP contribution in [0.15, 0.2) is 48.5 Å². The smallest absolute Gasteiger partial charge is 0.156 e. The van der Waals surface area contributed by atoms with Gasteiger partial charge in [0.15, 0.2) is 5.78 Å². The Bertz CT molecular complexity index is 609. The van der Waals surface area contributed by atoms with Crippen molar-refractivity contribution in [1.82, 2.24) is 0 Å². The van der Waals surface area contributed by atoms with Crippen LogP contribution in [0.4, 0.5) is 10.1 Å². The molecule has 0 bridgehead atoms. The van der Waals surface area contributed by atoms with Crippen molar-refractivity contribution in [2.24, 2.45) is 0 Å². The molecule has 0 saturated carbocycles. The van der Waals surface area contributed by atoms with E-state index in [-0.39, 0.29) is 24.6 Å². The fraction of sp³-hybridized carbons (Fsp3) is 0.235. The summed E-state index contributed by atoms with van der Waals surface area (Å²) in [4.78, 5) is 14.0. The van der Waals surface area contributed by atoms with Crippen LogP contribution in [0.3, 0.4) is 0 Å². The predicted molar refractivity (Wildman–Crippen MR) is 79.6 cm³/mol. The van der Waals surface area contributed by atoms with Crippen molar-refractivity contribution < 1.29 is 9.18 Å². The number of likely N-dealkylation sites (N-methyl/N-ethyl adjacent to an activating group) is 1. The lowest BCUT2D eigenvalue weighted by molar-refractivity contribution is -0.117. The van der Waals surface area contributed by atoms with Gasteiger partial charge in [0.25, 0.3) is 0 Å². The van der Waals surface area contributed by atoms with E-state index in [1.54, 1.807) is 18.2 Å². The molecule has 0 heterocycles. The Morgan fingerprint density at radius 1 is 1.10 bits per heavy atom. The number of ketones is 1. The van der Waals surface area contributed by atoms with Gasteiger partial charge in [-0.1, -0.05) is 36.4 Å². The van der Waals surface area contributed by atoms with E-state index in [4.69, 9.17) is 0 Å². The van der Waals surface area contributed by atoms with E-state index in [1.807, 2.05) is 43.1 Å². The summed E-state index contributed by atoms with van der Waals surface area (Å²) in [5.74, 6) is -0.319. The second-order valence-corrected chi connectivity index (χ2v) is 4.95. The summed E-state index contributed by atoms with van der Waals surface area (Å²) in [6, 6.07) is 14.3. The lowest BCUT2D eigenvalue weighted by Crippen LogP contribution is -2.27. The number of para-hydroxylation sites is 1. The number of Topliss-reactive ketones (excluding diaryl/α,β-unsaturated/α-hetero) is 1. The number of nitrogens with zero attached hydrogens (tertiary/aromatic N) is 1. The van der Waals surface area contributed by atoms with Crippen LogP contribution in [0.1, 0.15) is 11.1 Å². The topological polar surface area (TPSA) is 20.3 Å². The van der Waals surface area contributed by atoms with Gasteiger partial charge in [0.05, 0.1) is 6.54 Å². The molecule has 20 heavy (non-hydrogen) atoms. The number of anilines is 1. The fourth-order valence-electron chi connectivity index (χ4n) is 2.25. The highest BCUT2D eigenvalue weighted by atomic mass is 19.1. The molecular formula is C17H18FNO. The molecular weight excluding hydrogens is 253 g/mol. The molecule has 3 heteroatoms. The number of carbonyl (C=O) groups excluding carboxylic acids is 1. The van der Waals surface area contributed by atoms with Crippen molar-refractivity contribution in [3.05, 3.63) is 65.5 Å². The molecule has 0 amide bonds. The Morgan fingerprint density at radius 3 is 2.45 bits per heavy atom. The minimum Gasteiger partial charge on any atom is -0.367 e. The van der Waals surface area contributed by atoms with Gasteiger partial charge in [-0.2, -0.15) is 0 Å². The highest BCUT2D eigenvalue weighted by Gasteiger charge is 2.11. The molecule has 0 radical (unpaired) electrons. The zero-order valence-electron chi connectivity index (χ0n) is 11.8. The van der Waals surface area contributed by atoms with Crippen molar-refractivity contribution in [2.75, 3.05) is 18.5 Å². The number of hydrogen-bond donors (Lipinski definition) is 0. The number of rotatable bonds is 5. The Hall–Kier alpha value is -2.16. The van der Waals surface area contributed by atoms with E-state index in [9.17, 15) is 9.18 Å². The van der Waals surface area contributed by atoms with Gasteiger partial charge < -0.3 is 4.90 Å². The Balaban J connectivity index is 2.02. The van der Waals surface area contributed by atoms with Gasteiger partial charge >= 0.3 is 0 Å². The van der Waals surface area contributed by atoms with E-state index in [2.05, 4.69) is 0 Å². The summed E-state index contributed by atoms with van der Waals surface area (Å²) in [6.45, 7) is 2.28. The highest BCUT2D eigenvalue weighted by molar-refractivity contribution is 5.85. The zero-order chi connectivity index (χ0) is 14.5. The lowest BCUT2D eigenvalue weighted by atomic mass is 10.1. The van der Waals surface area contributed by atoms with E-state index in [0.717, 1.165) is 11.3 Å². The zero-order valence-corrected chi connectivity index (χ0v) is 11.8. The van der Waals surface area contributed by atoms with Crippen molar-refractivity contribution >= 4 is 11.5 Å². The molecule has 2 aromatic carbocycles. The number of aryl methyl sites for hydroxylation is 1. The summed E-state index contributed by atoms with van der Waals surface area (Å²) in [5.41, 5.74) is 2.60. The van der Waals surface area contributed by atoms with Crippen LogP contribution < -0.4 is 4.90 Å². The first-order valence-electron chi connectivity index (χ1n) is 6.60. The van der Waals surface area contributed by atoms with Crippen LogP contribution in [-0.4, -0.2) is 19.4 Å². The van der Waals surface area contributed by atoms with Crippen molar-refractivity contribution in [3.63, 3.8) is 0 Å². The molecule has 0 N–H and O–H groups in total. The molecule has 2 nitrogen and oxygen atoms in total. The number of halogens is 1. The van der Waals surface area contributed by atoms with Gasteiger partial charge in [-0.05, 0) is 30.2 Å². The van der Waals surface area contributed by atoms with Crippen LogP contribution in [0.2, 0.25) is 0 Å². The molecule has 0 unspecified atom stereocenters. The normalized spacial score (nSPS) is 10.3. The third-order valence-electron chi connectivity index (χ3n) is 3.29. The predicted octanol–water partition coefficient (Wildman–Crippen LogP) is 3.38. The van der Waals surface area contributed by atoms with Gasteiger partial charge in [0, 0.05) is 19.2 Å². The maximum Gasteiger partial charge on any atom is 0.156 e. The van der Waals surface area contributed by atoms with Crippen molar-refractivity contribution in [3.8, 4) is 0 Å². The monoisotopic (exact) mass is 271 g/mol. The molecule has 2 rings (SSSR count). The van der Waals surface area contributed by atoms with Crippen LogP contribution >= 0.6 is 0 Å². The molecule has 0 aromatic heterocycles. The SMILES string of the molecule is Cc1ccccc1N(C)CC(=O)Cc1ccccc1F. The fourth-order valence-corrected chi connectivity index (χ4v) is 2.25. The third kappa shape index (κ3) is 3.44. The Labute approximate surface area is 118 Å². The molecule has 104 valence electrons. The van der Waals surface area contributed by atoms with Gasteiger partial charge in [-0.25, -0.2) is 4.39 Å². The quantitative estimate of drug-likeness (QED) is 0.831. The number of carbonyl (C=O) groups is 1. The first-order valence-corrected chi connectivity index (χ1v) is 6.60. The molecule has 0 aliphatic heterocycles. The Kier molecular flexibility index (Phi) is 4.51. The summed E-state index contributed by atoms with van der Waals surface area (Å²) >= 11 is 0. The molecule has 2 aromatic rings. The highest BCUT2D eigenvalue weighted by Crippen LogP contribution is 2.18. The third-order valence-corrected chi connectivity index (χ3v) is 3.29. The summed E-state index contributed by atoms with van der Waals surface area (Å²) in [6.07, 6.45) is 0.128. The van der Waals surface area contributed by atoms with Gasteiger partial charge in [0.1, 0.15) is 5.82 Å². The van der Waals surface area contributed by atoms with Gasteiger partial charge in [0.2, 0.25) is 0 Å². The summed E-state index contributed by atoms with van der Waals surface area (Å²) in [5, 5.41) is 0. The second kappa shape index (κ2) is 6.33. The largest absolute Gasteiger partial charge is 0.367 e. The number of hydrogen-bond acceptors (Lipinski definition) is 2. The Morgan fingerprint density at radius 2 is 1.75 bits per heavy atom. The summed E-state index contributed by atoms with van der Waals surface area (Å²) < 4.78 is 13.5. The van der Waals surface area contributed by atoms with Gasteiger partial charge in [-0.3, -0.25) is 4.79 Å². The molecule has 0 aliphatic rings. The first kappa shape index (κ1) is 14.3. The summed E-state index contributed by atoms with van der Waals surface area (Å²) in [7, 11) is 1.88. The van der Waals surface area contributed by atoms with Crippen LogP contribution in [-0.2, 0) is 11.2 Å². The molecule has 0 atom stereocenters. The van der Waals surface area contributed by atoms with Gasteiger partial charge in [-0.15, -0.1) is 0 Å². The van der Waals surface area contributed by atoms with E-state index in [0.29, 0.717) is 5.56 Å². The first-order chi connectivity index (χ1) is 9.58. The lowest BCUT2D eigenvalue weighted by Gasteiger charge is -2.20. The minimum absolute atomic E-state index is 0.000790. The molecule has 0 spiro atoms. The maximum absolute atomic E-state index is 13.5. The van der Waals surface area contributed by atoms with Crippen LogP contribution in [0, 0.1) is 12.7 Å². The second-order valence-electron chi connectivity index (χ2n) is 4.95.